The number of thiophene rings is 1. The maximum absolute atomic E-state index is 10.5. The molecule has 0 saturated heterocycles. The Morgan fingerprint density at radius 2 is 2.00 bits per heavy atom. The Kier molecular flexibility index (Phi) is 2.44. The van der Waals surface area contributed by atoms with Gasteiger partial charge in [-0.05, 0) is 0 Å². The number of aromatic hydroxyl groups is 2. The van der Waals surface area contributed by atoms with E-state index in [2.05, 4.69) is 0 Å². The lowest BCUT2D eigenvalue weighted by atomic mass is 10.4. The van der Waals surface area contributed by atoms with Gasteiger partial charge < -0.3 is 20.0 Å². The van der Waals surface area contributed by atoms with Crippen molar-refractivity contribution in [1.29, 1.82) is 0 Å². The molecule has 0 bridgehead atoms. The second-order valence-corrected chi connectivity index (χ2v) is 4.83. The highest BCUT2D eigenvalue weighted by atomic mass is 32.1. The van der Waals surface area contributed by atoms with E-state index in [4.69, 9.17) is 20.0 Å². The monoisotopic (exact) mass is 210 g/mol. The van der Waals surface area contributed by atoms with E-state index in [9.17, 15) is 4.57 Å². The normalized spacial score (nSPS) is 11.8. The molecule has 12 heavy (non-hydrogen) atoms. The molecule has 0 aliphatic heterocycles. The van der Waals surface area contributed by atoms with Crippen LogP contribution in [-0.4, -0.2) is 20.0 Å². The van der Waals surface area contributed by atoms with Crippen molar-refractivity contribution in [2.24, 2.45) is 0 Å². The van der Waals surface area contributed by atoms with Crippen LogP contribution in [0.2, 0.25) is 0 Å². The summed E-state index contributed by atoms with van der Waals surface area (Å²) in [5.74, 6) is -0.785. The molecule has 0 atom stereocenters. The second-order valence-electron chi connectivity index (χ2n) is 2.22. The van der Waals surface area contributed by atoms with Gasteiger partial charge in [-0.2, -0.15) is 0 Å². The molecule has 68 valence electrons. The molecule has 0 radical (unpaired) electrons. The van der Waals surface area contributed by atoms with Crippen molar-refractivity contribution in [2.45, 2.75) is 6.16 Å². The Morgan fingerprint density at radius 1 is 1.42 bits per heavy atom. The third kappa shape index (κ3) is 2.22. The fourth-order valence-corrected chi connectivity index (χ4v) is 2.59. The summed E-state index contributed by atoms with van der Waals surface area (Å²) in [4.78, 5) is 17.2. The lowest BCUT2D eigenvalue weighted by Gasteiger charge is -2.00. The molecular weight excluding hydrogens is 203 g/mol. The molecule has 0 amide bonds. The maximum atomic E-state index is 10.5. The summed E-state index contributed by atoms with van der Waals surface area (Å²) in [6, 6.07) is 0. The minimum absolute atomic E-state index is 0.0980. The summed E-state index contributed by atoms with van der Waals surface area (Å²) in [7, 11) is -4.16. The van der Waals surface area contributed by atoms with E-state index in [1.165, 1.54) is 5.38 Å². The van der Waals surface area contributed by atoms with Crippen LogP contribution in [0.1, 0.15) is 4.88 Å². The van der Waals surface area contributed by atoms with Gasteiger partial charge >= 0.3 is 7.60 Å². The Hall–Kier alpha value is -0.550. The highest BCUT2D eigenvalue weighted by Crippen LogP contribution is 2.46. The van der Waals surface area contributed by atoms with Crippen molar-refractivity contribution in [3.8, 4) is 11.5 Å². The largest absolute Gasteiger partial charge is 0.504 e. The molecule has 5 nitrogen and oxygen atoms in total. The van der Waals surface area contributed by atoms with Gasteiger partial charge in [-0.1, -0.05) is 0 Å². The lowest BCUT2D eigenvalue weighted by Crippen LogP contribution is -1.82. The summed E-state index contributed by atoms with van der Waals surface area (Å²) in [6.07, 6.45) is -0.538. The SMILES string of the molecule is O=P(O)(O)Cc1scc(O)c1O. The van der Waals surface area contributed by atoms with Gasteiger partial charge in [0.05, 0.1) is 11.0 Å². The first-order valence-electron chi connectivity index (χ1n) is 2.93. The van der Waals surface area contributed by atoms with Crippen LogP contribution in [-0.2, 0) is 10.7 Å². The van der Waals surface area contributed by atoms with Crippen molar-refractivity contribution in [3.63, 3.8) is 0 Å². The van der Waals surface area contributed by atoms with Gasteiger partial charge in [0.2, 0.25) is 0 Å². The van der Waals surface area contributed by atoms with Gasteiger partial charge in [0, 0.05) is 5.38 Å². The van der Waals surface area contributed by atoms with E-state index in [-0.39, 0.29) is 10.6 Å². The first-order valence-corrected chi connectivity index (χ1v) is 5.61. The molecule has 1 aromatic heterocycles. The first-order chi connectivity index (χ1) is 5.40. The Morgan fingerprint density at radius 3 is 2.33 bits per heavy atom. The van der Waals surface area contributed by atoms with E-state index >= 15 is 0 Å². The van der Waals surface area contributed by atoms with Gasteiger partial charge in [0.1, 0.15) is 0 Å². The van der Waals surface area contributed by atoms with Crippen molar-refractivity contribution in [2.75, 3.05) is 0 Å². The predicted octanol–water partition coefficient (Wildman–Crippen LogP) is 0.837. The summed E-state index contributed by atoms with van der Waals surface area (Å²) < 4.78 is 10.5. The topological polar surface area (TPSA) is 98.0 Å². The average Bonchev–Trinajstić information content (AvgIpc) is 2.16. The van der Waals surface area contributed by atoms with E-state index in [1.54, 1.807) is 0 Å². The third-order valence-corrected chi connectivity index (χ3v) is 3.07. The molecular formula is C5H7O5PS. The summed E-state index contributed by atoms with van der Waals surface area (Å²) >= 11 is 0.911. The second kappa shape index (κ2) is 3.06. The van der Waals surface area contributed by atoms with Crippen molar-refractivity contribution < 1.29 is 24.6 Å². The van der Waals surface area contributed by atoms with Crippen LogP contribution >= 0.6 is 18.9 Å². The number of hydrogen-bond acceptors (Lipinski definition) is 4. The maximum Gasteiger partial charge on any atom is 0.330 e. The Balaban J connectivity index is 2.91. The predicted molar refractivity (Wildman–Crippen MR) is 43.4 cm³/mol. The highest BCUT2D eigenvalue weighted by molar-refractivity contribution is 7.51. The average molecular weight is 210 g/mol. The standard InChI is InChI=1S/C5H7O5PS/c6-3-2-12-4(5(3)7)1-11(8,9)10/h2,6-7H,1H2,(H2,8,9,10). The van der Waals surface area contributed by atoms with Gasteiger partial charge in [-0.3, -0.25) is 4.57 Å². The van der Waals surface area contributed by atoms with Crippen LogP contribution in [0.25, 0.3) is 0 Å². The minimum atomic E-state index is -4.16. The van der Waals surface area contributed by atoms with Crippen LogP contribution in [0, 0.1) is 0 Å². The number of rotatable bonds is 2. The van der Waals surface area contributed by atoms with Gasteiger partial charge in [-0.25, -0.2) is 0 Å². The first kappa shape index (κ1) is 9.54. The number of hydrogen-bond donors (Lipinski definition) is 4. The molecule has 0 fully saturated rings. The summed E-state index contributed by atoms with van der Waals surface area (Å²) in [6.45, 7) is 0. The fraction of sp³-hybridized carbons (Fsp3) is 0.200. The molecule has 0 aliphatic carbocycles. The van der Waals surface area contributed by atoms with Crippen LogP contribution < -0.4 is 0 Å². The molecule has 0 spiro atoms. The van der Waals surface area contributed by atoms with Gasteiger partial charge in [0.15, 0.2) is 11.5 Å². The van der Waals surface area contributed by atoms with Crippen molar-refractivity contribution >= 4 is 18.9 Å². The van der Waals surface area contributed by atoms with Gasteiger partial charge in [0.25, 0.3) is 0 Å². The third-order valence-electron chi connectivity index (χ3n) is 1.17. The summed E-state index contributed by atoms with van der Waals surface area (Å²) in [5, 5.41) is 19.1. The molecule has 1 rings (SSSR count). The molecule has 0 saturated carbocycles. The molecule has 7 heteroatoms. The minimum Gasteiger partial charge on any atom is -0.504 e. The highest BCUT2D eigenvalue weighted by Gasteiger charge is 2.19. The van der Waals surface area contributed by atoms with Crippen molar-refractivity contribution in [3.05, 3.63) is 10.3 Å². The molecule has 1 heterocycles. The van der Waals surface area contributed by atoms with E-state index in [0.29, 0.717) is 0 Å². The fourth-order valence-electron chi connectivity index (χ4n) is 0.681. The zero-order valence-electron chi connectivity index (χ0n) is 5.84. The molecule has 4 N–H and O–H groups in total. The van der Waals surface area contributed by atoms with Crippen LogP contribution in [0.15, 0.2) is 5.38 Å². The molecule has 0 unspecified atom stereocenters. The van der Waals surface area contributed by atoms with Crippen LogP contribution in [0.3, 0.4) is 0 Å². The van der Waals surface area contributed by atoms with E-state index in [0.717, 1.165) is 11.3 Å². The van der Waals surface area contributed by atoms with Crippen LogP contribution in [0.4, 0.5) is 0 Å². The zero-order valence-corrected chi connectivity index (χ0v) is 7.55. The lowest BCUT2D eigenvalue weighted by molar-refractivity contribution is 0.369. The Bertz CT molecular complexity index is 327. The smallest absolute Gasteiger partial charge is 0.330 e. The van der Waals surface area contributed by atoms with Crippen molar-refractivity contribution in [1.82, 2.24) is 0 Å². The van der Waals surface area contributed by atoms with Gasteiger partial charge in [-0.15, -0.1) is 11.3 Å². The van der Waals surface area contributed by atoms with E-state index in [1.807, 2.05) is 0 Å². The quantitative estimate of drug-likeness (QED) is 0.542. The zero-order chi connectivity index (χ0) is 9.35. The molecule has 1 aromatic rings. The molecule has 0 aliphatic rings. The van der Waals surface area contributed by atoms with Crippen LogP contribution in [0.5, 0.6) is 11.5 Å². The molecule has 0 aromatic carbocycles. The van der Waals surface area contributed by atoms with E-state index < -0.39 is 19.5 Å². The Labute approximate surface area is 72.1 Å². The summed E-state index contributed by atoms with van der Waals surface area (Å²) in [5.41, 5.74) is 0.